The number of rotatable bonds is 1. The molecule has 3 nitrogen and oxygen atoms in total. The fraction of sp³-hybridized carbons (Fsp3) is 0.133. The third-order valence-corrected chi connectivity index (χ3v) is 4.99. The fourth-order valence-electron chi connectivity index (χ4n) is 2.63. The van der Waals surface area contributed by atoms with Crippen molar-refractivity contribution in [2.75, 3.05) is 5.32 Å². The topological polar surface area (TPSA) is 49.3 Å². The highest BCUT2D eigenvalue weighted by Crippen LogP contribution is 2.55. The Labute approximate surface area is 146 Å². The Bertz CT molecular complexity index is 820. The van der Waals surface area contributed by atoms with Gasteiger partial charge in [-0.25, -0.2) is 0 Å². The molecule has 0 radical (unpaired) electrons. The Morgan fingerprint density at radius 3 is 2.45 bits per heavy atom. The summed E-state index contributed by atoms with van der Waals surface area (Å²) < 4.78 is 0. The molecule has 2 N–H and O–H groups in total. The summed E-state index contributed by atoms with van der Waals surface area (Å²) in [6.45, 7) is 1.33. The van der Waals surface area contributed by atoms with E-state index >= 15 is 0 Å². The molecule has 0 bridgehead atoms. The lowest BCUT2D eigenvalue weighted by molar-refractivity contribution is -0.114. The highest BCUT2D eigenvalue weighted by molar-refractivity contribution is 6.49. The van der Waals surface area contributed by atoms with E-state index < -0.39 is 6.10 Å². The Morgan fingerprint density at radius 2 is 1.82 bits per heavy atom. The Kier molecular flexibility index (Phi) is 4.04. The van der Waals surface area contributed by atoms with Crippen LogP contribution in [0.5, 0.6) is 0 Å². The molecule has 0 saturated carbocycles. The van der Waals surface area contributed by atoms with E-state index in [4.69, 9.17) is 46.4 Å². The van der Waals surface area contributed by atoms with Crippen LogP contribution in [0.25, 0.3) is 11.1 Å². The predicted octanol–water partition coefficient (Wildman–Crippen LogP) is 5.32. The van der Waals surface area contributed by atoms with Gasteiger partial charge in [-0.1, -0.05) is 52.5 Å². The van der Waals surface area contributed by atoms with Crippen LogP contribution in [-0.2, 0) is 4.79 Å². The van der Waals surface area contributed by atoms with Gasteiger partial charge in [-0.3, -0.25) is 4.79 Å². The first-order chi connectivity index (χ1) is 10.3. The first-order valence-electron chi connectivity index (χ1n) is 6.28. The second-order valence-corrected chi connectivity index (χ2v) is 6.49. The normalized spacial score (nSPS) is 15.5. The largest absolute Gasteiger partial charge is 0.384 e. The SMILES string of the molecule is CC(=O)Nc1c(Cl)c(Cl)c2c(c1Cl)C(O)c1cc(Cl)ccc1-2. The summed E-state index contributed by atoms with van der Waals surface area (Å²) in [5, 5.41) is 14.1. The summed E-state index contributed by atoms with van der Waals surface area (Å²) in [6, 6.07) is 5.10. The molecule has 1 aliphatic rings. The van der Waals surface area contributed by atoms with Gasteiger partial charge in [0.15, 0.2) is 0 Å². The van der Waals surface area contributed by atoms with Gasteiger partial charge in [-0.05, 0) is 23.3 Å². The minimum absolute atomic E-state index is 0.135. The van der Waals surface area contributed by atoms with Gasteiger partial charge in [0, 0.05) is 23.1 Å². The van der Waals surface area contributed by atoms with Crippen LogP contribution in [0.15, 0.2) is 18.2 Å². The Hall–Kier alpha value is -0.970. The first-order valence-corrected chi connectivity index (χ1v) is 7.80. The maximum Gasteiger partial charge on any atom is 0.221 e. The number of hydrogen-bond donors (Lipinski definition) is 2. The van der Waals surface area contributed by atoms with Crippen molar-refractivity contribution in [1.82, 2.24) is 0 Å². The lowest BCUT2D eigenvalue weighted by Gasteiger charge is -2.16. The van der Waals surface area contributed by atoms with Crippen LogP contribution in [0.4, 0.5) is 5.69 Å². The summed E-state index contributed by atoms with van der Waals surface area (Å²) in [6.07, 6.45) is -0.988. The van der Waals surface area contributed by atoms with Gasteiger partial charge in [0.25, 0.3) is 0 Å². The molecule has 22 heavy (non-hydrogen) atoms. The van der Waals surface area contributed by atoms with Crippen molar-refractivity contribution >= 4 is 58.0 Å². The number of hydrogen-bond acceptors (Lipinski definition) is 2. The molecule has 1 amide bonds. The van der Waals surface area contributed by atoms with Crippen LogP contribution < -0.4 is 5.32 Å². The summed E-state index contributed by atoms with van der Waals surface area (Å²) in [4.78, 5) is 11.3. The fourth-order valence-corrected chi connectivity index (χ4v) is 3.73. The summed E-state index contributed by atoms with van der Waals surface area (Å²) in [7, 11) is 0. The van der Waals surface area contributed by atoms with Crippen molar-refractivity contribution in [1.29, 1.82) is 0 Å². The molecule has 0 fully saturated rings. The van der Waals surface area contributed by atoms with Gasteiger partial charge < -0.3 is 10.4 Å². The van der Waals surface area contributed by atoms with E-state index in [1.165, 1.54) is 6.92 Å². The number of halogens is 4. The number of benzene rings is 2. The quantitative estimate of drug-likeness (QED) is 0.661. The number of amides is 1. The predicted molar refractivity (Wildman–Crippen MR) is 90.3 cm³/mol. The summed E-state index contributed by atoms with van der Waals surface area (Å²) >= 11 is 24.9. The van der Waals surface area contributed by atoms with E-state index in [-0.39, 0.29) is 26.7 Å². The lowest BCUT2D eigenvalue weighted by Crippen LogP contribution is -2.09. The molecule has 0 saturated heterocycles. The summed E-state index contributed by atoms with van der Waals surface area (Å²) in [5.74, 6) is -0.340. The van der Waals surface area contributed by atoms with Gasteiger partial charge in [-0.15, -0.1) is 0 Å². The van der Waals surface area contributed by atoms with Crippen LogP contribution in [0.2, 0.25) is 20.1 Å². The third-order valence-electron chi connectivity index (χ3n) is 3.51. The van der Waals surface area contributed by atoms with Crippen molar-refractivity contribution in [2.45, 2.75) is 13.0 Å². The van der Waals surface area contributed by atoms with Gasteiger partial charge >= 0.3 is 0 Å². The number of anilines is 1. The molecule has 0 heterocycles. The molecular weight excluding hydrogens is 368 g/mol. The van der Waals surface area contributed by atoms with Crippen molar-refractivity contribution in [2.24, 2.45) is 0 Å². The van der Waals surface area contributed by atoms with Crippen LogP contribution in [0.3, 0.4) is 0 Å². The Balaban J connectivity index is 2.34. The number of fused-ring (bicyclic) bond motifs is 3. The molecule has 0 aliphatic heterocycles. The number of nitrogens with one attached hydrogen (secondary N) is 1. The maximum absolute atomic E-state index is 11.3. The highest BCUT2D eigenvalue weighted by Gasteiger charge is 2.35. The smallest absolute Gasteiger partial charge is 0.221 e. The van der Waals surface area contributed by atoms with E-state index in [0.717, 1.165) is 5.56 Å². The van der Waals surface area contributed by atoms with E-state index in [2.05, 4.69) is 5.32 Å². The molecule has 1 atom stereocenters. The molecule has 3 rings (SSSR count). The average Bonchev–Trinajstić information content (AvgIpc) is 2.74. The molecule has 1 aliphatic carbocycles. The lowest BCUT2D eigenvalue weighted by atomic mass is 10.0. The first kappa shape index (κ1) is 15.9. The molecule has 2 aromatic carbocycles. The van der Waals surface area contributed by atoms with E-state index in [1.807, 2.05) is 0 Å². The second-order valence-electron chi connectivity index (χ2n) is 4.92. The number of aliphatic hydroxyl groups excluding tert-OH is 1. The molecule has 0 aromatic heterocycles. The molecule has 114 valence electrons. The van der Waals surface area contributed by atoms with Crippen LogP contribution in [-0.4, -0.2) is 11.0 Å². The van der Waals surface area contributed by atoms with E-state index in [0.29, 0.717) is 21.7 Å². The molecule has 1 unspecified atom stereocenters. The molecule has 2 aromatic rings. The van der Waals surface area contributed by atoms with Crippen molar-refractivity contribution < 1.29 is 9.90 Å². The minimum atomic E-state index is -0.988. The maximum atomic E-state index is 11.3. The van der Waals surface area contributed by atoms with E-state index in [1.54, 1.807) is 18.2 Å². The number of aliphatic hydroxyl groups is 1. The third kappa shape index (κ3) is 2.29. The van der Waals surface area contributed by atoms with Crippen molar-refractivity contribution in [3.8, 4) is 11.1 Å². The monoisotopic (exact) mass is 375 g/mol. The zero-order chi connectivity index (χ0) is 16.2. The second kappa shape index (κ2) is 5.59. The molecule has 7 heteroatoms. The standard InChI is InChI=1S/C15H9Cl4NO2/c1-5(21)20-14-12(18)10-9(11(17)13(14)19)7-3-2-6(16)4-8(7)15(10)22/h2-4,15,22H,1H3,(H,20,21). The average molecular weight is 377 g/mol. The Morgan fingerprint density at radius 1 is 1.14 bits per heavy atom. The minimum Gasteiger partial charge on any atom is -0.384 e. The van der Waals surface area contributed by atoms with Crippen LogP contribution >= 0.6 is 46.4 Å². The highest BCUT2D eigenvalue weighted by atomic mass is 35.5. The zero-order valence-electron chi connectivity index (χ0n) is 11.2. The molecular formula is C15H9Cl4NO2. The van der Waals surface area contributed by atoms with E-state index in [9.17, 15) is 9.90 Å². The van der Waals surface area contributed by atoms with Crippen molar-refractivity contribution in [3.05, 3.63) is 49.4 Å². The van der Waals surface area contributed by atoms with Crippen LogP contribution in [0.1, 0.15) is 24.2 Å². The van der Waals surface area contributed by atoms with Gasteiger partial charge in [0.2, 0.25) is 5.91 Å². The van der Waals surface area contributed by atoms with Gasteiger partial charge in [0.05, 0.1) is 20.8 Å². The summed E-state index contributed by atoms with van der Waals surface area (Å²) in [5.41, 5.74) is 2.48. The zero-order valence-corrected chi connectivity index (χ0v) is 14.2. The van der Waals surface area contributed by atoms with Crippen molar-refractivity contribution in [3.63, 3.8) is 0 Å². The number of carbonyl (C=O) groups is 1. The van der Waals surface area contributed by atoms with Crippen LogP contribution in [0, 0.1) is 0 Å². The molecule has 0 spiro atoms. The number of carbonyl (C=O) groups excluding carboxylic acids is 1. The van der Waals surface area contributed by atoms with Gasteiger partial charge in [-0.2, -0.15) is 0 Å². The van der Waals surface area contributed by atoms with Gasteiger partial charge in [0.1, 0.15) is 6.10 Å².